The van der Waals surface area contributed by atoms with Crippen LogP contribution in [-0.2, 0) is 12.1 Å². The van der Waals surface area contributed by atoms with Crippen molar-refractivity contribution in [2.45, 2.75) is 73.9 Å². The van der Waals surface area contributed by atoms with E-state index < -0.39 is 27.8 Å². The van der Waals surface area contributed by atoms with Crippen molar-refractivity contribution < 1.29 is 0 Å². The first-order chi connectivity index (χ1) is 12.7. The Balaban J connectivity index is 0.000000855. The lowest BCUT2D eigenvalue weighted by Gasteiger charge is -2.22. The summed E-state index contributed by atoms with van der Waals surface area (Å²) in [5.41, 5.74) is -2.27. The quantitative estimate of drug-likeness (QED) is 0.706. The average molecular weight is 374 g/mol. The molecule has 6 nitrogen and oxygen atoms in total. The number of hydrogen-bond donors (Lipinski definition) is 0. The molecule has 0 aliphatic carbocycles. The molecule has 6 heteroatoms. The van der Waals surface area contributed by atoms with Crippen molar-refractivity contribution in [2.24, 2.45) is 0 Å². The first kappa shape index (κ1) is 22.5. The Morgan fingerprint density at radius 1 is 0.704 bits per heavy atom. The van der Waals surface area contributed by atoms with Gasteiger partial charge < -0.3 is 0 Å². The fourth-order valence-electron chi connectivity index (χ4n) is 3.02. The molecule has 0 radical (unpaired) electrons. The van der Waals surface area contributed by atoms with Gasteiger partial charge in [-0.05, 0) is 39.3 Å². The minimum atomic E-state index is -0.624. The zero-order valence-corrected chi connectivity index (χ0v) is 17.6. The number of benzene rings is 1. The van der Waals surface area contributed by atoms with Gasteiger partial charge in [0.05, 0.1) is 21.5 Å². The molecule has 0 amide bonds. The molecule has 0 aliphatic rings. The van der Waals surface area contributed by atoms with Crippen molar-refractivity contribution >= 4 is 21.5 Å². The summed E-state index contributed by atoms with van der Waals surface area (Å²) in [6.07, 6.45) is 0.611. The van der Waals surface area contributed by atoms with Gasteiger partial charge in [0.1, 0.15) is 0 Å². The highest BCUT2D eigenvalue weighted by molar-refractivity contribution is 5.97. The molecule has 148 valence electrons. The van der Waals surface area contributed by atoms with Crippen LogP contribution < -0.4 is 22.2 Å². The number of nitrogens with zero attached hydrogens (tertiary/aromatic N) is 2. The van der Waals surface area contributed by atoms with Crippen LogP contribution in [0.1, 0.15) is 61.8 Å². The largest absolute Gasteiger partial charge is 0.275 e. The Kier molecular flexibility index (Phi) is 7.06. The standard InChI is InChI=1S/C17H18N2O4.2C2H6/c1-5-17(3,4)19-15(22)11-7-9-10(8-12(11)16(19)23)14(21)18(6-2)13(9)20;2*1-2/h7-8H,5-6H2,1-4H3;2*1-2H3. The monoisotopic (exact) mass is 374 g/mol. The van der Waals surface area contributed by atoms with Gasteiger partial charge in [0.15, 0.2) is 0 Å². The molecule has 1 aromatic carbocycles. The van der Waals surface area contributed by atoms with Gasteiger partial charge in [-0.25, -0.2) is 0 Å². The fourth-order valence-corrected chi connectivity index (χ4v) is 3.02. The van der Waals surface area contributed by atoms with E-state index in [1.807, 2.05) is 48.5 Å². The summed E-state index contributed by atoms with van der Waals surface area (Å²) in [7, 11) is 0. The first-order valence-electron chi connectivity index (χ1n) is 9.67. The molecule has 0 fully saturated rings. The van der Waals surface area contributed by atoms with E-state index in [0.717, 1.165) is 4.57 Å². The third-order valence-corrected chi connectivity index (χ3v) is 4.76. The maximum absolute atomic E-state index is 12.6. The Hall–Kier alpha value is -2.50. The van der Waals surface area contributed by atoms with Gasteiger partial charge in [-0.15, -0.1) is 0 Å². The third-order valence-electron chi connectivity index (χ3n) is 4.76. The molecule has 2 heterocycles. The molecule has 27 heavy (non-hydrogen) atoms. The Bertz CT molecular complexity index is 1060. The zero-order valence-electron chi connectivity index (χ0n) is 17.6. The summed E-state index contributed by atoms with van der Waals surface area (Å²) in [4.78, 5) is 49.8. The zero-order chi connectivity index (χ0) is 21.1. The number of hydrogen-bond acceptors (Lipinski definition) is 4. The van der Waals surface area contributed by atoms with Crippen LogP contribution in [0.25, 0.3) is 21.5 Å². The van der Waals surface area contributed by atoms with E-state index >= 15 is 0 Å². The van der Waals surface area contributed by atoms with E-state index in [1.54, 1.807) is 6.92 Å². The topological polar surface area (TPSA) is 78.1 Å². The minimum absolute atomic E-state index is 0.202. The molecular weight excluding hydrogens is 344 g/mol. The molecule has 0 aliphatic heterocycles. The lowest BCUT2D eigenvalue weighted by atomic mass is 10.0. The number of aromatic nitrogens is 2. The molecule has 0 bridgehead atoms. The molecular formula is C21H30N2O4. The molecule has 0 atom stereocenters. The van der Waals surface area contributed by atoms with E-state index in [9.17, 15) is 19.2 Å². The summed E-state index contributed by atoms with van der Waals surface area (Å²) in [6, 6.07) is 2.79. The molecule has 0 saturated carbocycles. The molecule has 0 spiro atoms. The lowest BCUT2D eigenvalue weighted by Crippen LogP contribution is -2.40. The smallest absolute Gasteiger partial charge is 0.262 e. The Morgan fingerprint density at radius 2 is 1.04 bits per heavy atom. The maximum Gasteiger partial charge on any atom is 0.262 e. The van der Waals surface area contributed by atoms with Gasteiger partial charge in [0, 0.05) is 12.1 Å². The van der Waals surface area contributed by atoms with Crippen LogP contribution >= 0.6 is 0 Å². The Morgan fingerprint density at radius 3 is 1.33 bits per heavy atom. The molecule has 0 saturated heterocycles. The second kappa shape index (κ2) is 8.46. The second-order valence-electron chi connectivity index (χ2n) is 6.41. The van der Waals surface area contributed by atoms with E-state index in [2.05, 4.69) is 0 Å². The van der Waals surface area contributed by atoms with Gasteiger partial charge in [-0.2, -0.15) is 0 Å². The van der Waals surface area contributed by atoms with Crippen LogP contribution in [0, 0.1) is 0 Å². The van der Waals surface area contributed by atoms with E-state index in [0.29, 0.717) is 6.42 Å². The summed E-state index contributed by atoms with van der Waals surface area (Å²) in [6.45, 7) is 15.5. The molecule has 0 unspecified atom stereocenters. The maximum atomic E-state index is 12.6. The van der Waals surface area contributed by atoms with Crippen molar-refractivity contribution in [3.63, 3.8) is 0 Å². The van der Waals surface area contributed by atoms with Crippen molar-refractivity contribution in [3.05, 3.63) is 53.5 Å². The van der Waals surface area contributed by atoms with Gasteiger partial charge in [-0.3, -0.25) is 28.3 Å². The highest BCUT2D eigenvalue weighted by atomic mass is 16.2. The Labute approximate surface area is 158 Å². The molecule has 3 rings (SSSR count). The summed E-state index contributed by atoms with van der Waals surface area (Å²) < 4.78 is 2.34. The molecule has 2 aromatic heterocycles. The second-order valence-corrected chi connectivity index (χ2v) is 6.41. The predicted molar refractivity (Wildman–Crippen MR) is 113 cm³/mol. The fraction of sp³-hybridized carbons (Fsp3) is 0.524. The van der Waals surface area contributed by atoms with Crippen molar-refractivity contribution in [3.8, 4) is 0 Å². The minimum Gasteiger partial charge on any atom is -0.275 e. The van der Waals surface area contributed by atoms with E-state index in [1.165, 1.54) is 16.7 Å². The lowest BCUT2D eigenvalue weighted by molar-refractivity contribution is 0.328. The van der Waals surface area contributed by atoms with Gasteiger partial charge >= 0.3 is 0 Å². The summed E-state index contributed by atoms with van der Waals surface area (Å²) >= 11 is 0. The average Bonchev–Trinajstić information content (AvgIpc) is 3.08. The van der Waals surface area contributed by atoms with E-state index in [-0.39, 0.29) is 28.1 Å². The molecule has 0 N–H and O–H groups in total. The van der Waals surface area contributed by atoms with Gasteiger partial charge in [0.2, 0.25) is 0 Å². The van der Waals surface area contributed by atoms with Gasteiger partial charge in [0.25, 0.3) is 22.2 Å². The van der Waals surface area contributed by atoms with Crippen molar-refractivity contribution in [2.75, 3.05) is 0 Å². The third kappa shape index (κ3) is 3.40. The normalized spacial score (nSPS) is 11.1. The SMILES string of the molecule is CC.CC.CCn1c(=O)c2cc3c(=O)n(C(C)(C)CC)c(=O)c3cc2c1=O. The predicted octanol–water partition coefficient (Wildman–Crippen LogP) is 3.13. The van der Waals surface area contributed by atoms with Crippen LogP contribution in [0.2, 0.25) is 0 Å². The van der Waals surface area contributed by atoms with Crippen LogP contribution in [0.15, 0.2) is 31.3 Å². The van der Waals surface area contributed by atoms with Crippen molar-refractivity contribution in [1.82, 2.24) is 9.13 Å². The van der Waals surface area contributed by atoms with E-state index in [4.69, 9.17) is 0 Å². The molecule has 3 aromatic rings. The van der Waals surface area contributed by atoms with Crippen molar-refractivity contribution in [1.29, 1.82) is 0 Å². The number of fused-ring (bicyclic) bond motifs is 2. The highest BCUT2D eigenvalue weighted by Gasteiger charge is 2.26. The highest BCUT2D eigenvalue weighted by Crippen LogP contribution is 2.20. The van der Waals surface area contributed by atoms with Crippen LogP contribution in [-0.4, -0.2) is 9.13 Å². The van der Waals surface area contributed by atoms with Gasteiger partial charge in [-0.1, -0.05) is 34.6 Å². The van der Waals surface area contributed by atoms with Crippen LogP contribution in [0.4, 0.5) is 0 Å². The van der Waals surface area contributed by atoms with Crippen LogP contribution in [0.5, 0.6) is 0 Å². The summed E-state index contributed by atoms with van der Waals surface area (Å²) in [5, 5.41) is 0.810. The summed E-state index contributed by atoms with van der Waals surface area (Å²) in [5.74, 6) is 0. The first-order valence-corrected chi connectivity index (χ1v) is 9.67. The van der Waals surface area contributed by atoms with Crippen LogP contribution in [0.3, 0.4) is 0 Å². The number of rotatable bonds is 3.